The number of piperidine rings is 1. The first-order valence-electron chi connectivity index (χ1n) is 14.4. The van der Waals surface area contributed by atoms with Gasteiger partial charge in [-0.15, -0.1) is 5.10 Å². The van der Waals surface area contributed by atoms with Crippen LogP contribution in [0.1, 0.15) is 72.7 Å². The van der Waals surface area contributed by atoms with E-state index in [1.807, 2.05) is 25.7 Å². The van der Waals surface area contributed by atoms with E-state index >= 15 is 0 Å². The number of aromatic nitrogens is 5. The van der Waals surface area contributed by atoms with Crippen LogP contribution in [-0.2, 0) is 24.9 Å². The summed E-state index contributed by atoms with van der Waals surface area (Å²) in [5.41, 5.74) is 7.88. The van der Waals surface area contributed by atoms with Crippen molar-refractivity contribution in [1.82, 2.24) is 29.4 Å². The number of Topliss-reactive ketones (excluding diaryl/α,β-unsaturated/α-hetero) is 1. The standard InChI is InChI=1S/C33H39N6O/c1-22-9-10-25(19-26(22)20-39-18-15-34-29(39)21-38-16-7-6-8-17-38)30(33(3,4)32(40)24-11-12-24)27-13-14-28-31(23(27)2)35-36-37(28)5/h9-15,18-19,30H,6-8,16-17,20-21H2,1-5H3/t30-/m0/s1. The SMILES string of the molecule is Cc1ccc([C@@H](c2ccc3c(nnn3C)c2C)C(C)(C)C(=O)C2=C[CH]2)cc1Cn1ccnc1CN1CCCCC1. The summed E-state index contributed by atoms with van der Waals surface area (Å²) < 4.78 is 4.09. The monoisotopic (exact) mass is 535 g/mol. The number of hydrogen-bond acceptors (Lipinski definition) is 5. The summed E-state index contributed by atoms with van der Waals surface area (Å²) in [6.07, 6.45) is 11.7. The van der Waals surface area contributed by atoms with Crippen molar-refractivity contribution in [2.45, 2.75) is 66.0 Å². The molecule has 1 saturated heterocycles. The van der Waals surface area contributed by atoms with Crippen molar-refractivity contribution in [3.8, 4) is 0 Å². The number of carbonyl (C=O) groups excluding carboxylic acids is 1. The fourth-order valence-electron chi connectivity index (χ4n) is 6.42. The normalized spacial score (nSPS) is 16.8. The maximum atomic E-state index is 13.7. The zero-order valence-electron chi connectivity index (χ0n) is 24.3. The number of benzene rings is 2. The highest BCUT2D eigenvalue weighted by molar-refractivity contribution is 6.07. The van der Waals surface area contributed by atoms with E-state index in [9.17, 15) is 4.79 Å². The van der Waals surface area contributed by atoms with Crippen LogP contribution in [0.4, 0.5) is 0 Å². The summed E-state index contributed by atoms with van der Waals surface area (Å²) in [7, 11) is 1.91. The Morgan fingerprint density at radius 3 is 2.58 bits per heavy atom. The fourth-order valence-corrected chi connectivity index (χ4v) is 6.42. The summed E-state index contributed by atoms with van der Waals surface area (Å²) in [6, 6.07) is 11.0. The van der Waals surface area contributed by atoms with Crippen LogP contribution in [0.5, 0.6) is 0 Å². The molecule has 2 aromatic heterocycles. The fraction of sp³-hybridized carbons (Fsp3) is 0.424. The van der Waals surface area contributed by atoms with Gasteiger partial charge in [-0.25, -0.2) is 9.67 Å². The predicted molar refractivity (Wildman–Crippen MR) is 158 cm³/mol. The Morgan fingerprint density at radius 1 is 1.05 bits per heavy atom. The minimum atomic E-state index is -0.652. The van der Waals surface area contributed by atoms with Crippen molar-refractivity contribution in [2.24, 2.45) is 12.5 Å². The maximum Gasteiger partial charge on any atom is 0.165 e. The minimum Gasteiger partial charge on any atom is -0.329 e. The van der Waals surface area contributed by atoms with E-state index in [-0.39, 0.29) is 11.7 Å². The molecule has 1 fully saturated rings. The largest absolute Gasteiger partial charge is 0.329 e. The highest BCUT2D eigenvalue weighted by Gasteiger charge is 2.42. The molecule has 4 aromatic rings. The Kier molecular flexibility index (Phi) is 6.95. The van der Waals surface area contributed by atoms with E-state index < -0.39 is 5.41 Å². The van der Waals surface area contributed by atoms with Crippen molar-refractivity contribution in [3.05, 3.63) is 94.4 Å². The van der Waals surface area contributed by atoms with Crippen molar-refractivity contribution in [3.63, 3.8) is 0 Å². The quantitative estimate of drug-likeness (QED) is 0.276. The first-order valence-corrected chi connectivity index (χ1v) is 14.4. The average molecular weight is 536 g/mol. The number of aryl methyl sites for hydroxylation is 3. The molecule has 1 aliphatic heterocycles. The molecule has 1 aliphatic carbocycles. The molecule has 7 heteroatoms. The predicted octanol–water partition coefficient (Wildman–Crippen LogP) is 5.69. The Labute approximate surface area is 236 Å². The zero-order chi connectivity index (χ0) is 28.0. The molecule has 2 aromatic carbocycles. The second kappa shape index (κ2) is 10.4. The number of hydrogen-bond donors (Lipinski definition) is 0. The number of nitrogens with zero attached hydrogens (tertiary/aromatic N) is 6. The van der Waals surface area contributed by atoms with Gasteiger partial charge in [0.2, 0.25) is 0 Å². The maximum absolute atomic E-state index is 13.7. The Bertz CT molecular complexity index is 1600. The Balaban J connectivity index is 1.39. The van der Waals surface area contributed by atoms with Gasteiger partial charge in [0.25, 0.3) is 0 Å². The number of allylic oxidation sites excluding steroid dienone is 2. The molecule has 1 radical (unpaired) electrons. The Morgan fingerprint density at radius 2 is 1.82 bits per heavy atom. The van der Waals surface area contributed by atoms with E-state index in [4.69, 9.17) is 4.98 Å². The third-order valence-corrected chi connectivity index (χ3v) is 8.96. The van der Waals surface area contributed by atoms with E-state index in [0.717, 1.165) is 65.3 Å². The smallest absolute Gasteiger partial charge is 0.165 e. The second-order valence-electron chi connectivity index (χ2n) is 12.1. The van der Waals surface area contributed by atoms with Gasteiger partial charge >= 0.3 is 0 Å². The molecule has 0 saturated carbocycles. The number of fused-ring (bicyclic) bond motifs is 1. The van der Waals surface area contributed by atoms with Crippen LogP contribution >= 0.6 is 0 Å². The summed E-state index contributed by atoms with van der Waals surface area (Å²) in [5.74, 6) is 1.15. The van der Waals surface area contributed by atoms with Crippen LogP contribution < -0.4 is 0 Å². The van der Waals surface area contributed by atoms with Gasteiger partial charge in [-0.3, -0.25) is 9.69 Å². The third kappa shape index (κ3) is 4.92. The summed E-state index contributed by atoms with van der Waals surface area (Å²) in [4.78, 5) is 20.9. The molecule has 1 atom stereocenters. The third-order valence-electron chi connectivity index (χ3n) is 8.96. The zero-order valence-corrected chi connectivity index (χ0v) is 24.3. The molecule has 3 heterocycles. The average Bonchev–Trinajstić information content (AvgIpc) is 3.60. The lowest BCUT2D eigenvalue weighted by molar-refractivity contribution is -0.123. The first-order chi connectivity index (χ1) is 19.2. The molecule has 0 N–H and O–H groups in total. The van der Waals surface area contributed by atoms with E-state index in [0.29, 0.717) is 0 Å². The summed E-state index contributed by atoms with van der Waals surface area (Å²) in [5, 5.41) is 8.72. The van der Waals surface area contributed by atoms with Crippen LogP contribution in [0, 0.1) is 25.7 Å². The highest BCUT2D eigenvalue weighted by atomic mass is 16.1. The van der Waals surface area contributed by atoms with Crippen molar-refractivity contribution < 1.29 is 4.79 Å². The molecule has 40 heavy (non-hydrogen) atoms. The molecular weight excluding hydrogens is 496 g/mol. The highest BCUT2D eigenvalue weighted by Crippen LogP contribution is 2.47. The number of likely N-dealkylation sites (tertiary alicyclic amines) is 1. The number of carbonyl (C=O) groups is 1. The van der Waals surface area contributed by atoms with Gasteiger partial charge in [0, 0.05) is 49.3 Å². The van der Waals surface area contributed by atoms with Crippen LogP contribution in [0.15, 0.2) is 54.4 Å². The lowest BCUT2D eigenvalue weighted by Gasteiger charge is -2.35. The minimum absolute atomic E-state index is 0.142. The van der Waals surface area contributed by atoms with Crippen molar-refractivity contribution >= 4 is 16.8 Å². The van der Waals surface area contributed by atoms with Gasteiger partial charge in [-0.1, -0.05) is 55.8 Å². The molecule has 0 spiro atoms. The molecule has 0 unspecified atom stereocenters. The molecule has 7 nitrogen and oxygen atoms in total. The summed E-state index contributed by atoms with van der Waals surface area (Å²) >= 11 is 0. The van der Waals surface area contributed by atoms with E-state index in [1.165, 1.54) is 30.4 Å². The van der Waals surface area contributed by atoms with E-state index in [2.05, 4.69) is 84.0 Å². The van der Waals surface area contributed by atoms with Crippen LogP contribution in [0.25, 0.3) is 11.0 Å². The molecule has 2 aliphatic rings. The summed E-state index contributed by atoms with van der Waals surface area (Å²) in [6.45, 7) is 12.4. The lowest BCUT2D eigenvalue weighted by atomic mass is 9.67. The van der Waals surface area contributed by atoms with Gasteiger partial charge in [-0.05, 0) is 73.7 Å². The molecule has 0 bridgehead atoms. The topological polar surface area (TPSA) is 68.8 Å². The van der Waals surface area contributed by atoms with Crippen molar-refractivity contribution in [1.29, 1.82) is 0 Å². The number of ketones is 1. The van der Waals surface area contributed by atoms with Crippen LogP contribution in [-0.4, -0.2) is 48.3 Å². The second-order valence-corrected chi connectivity index (χ2v) is 12.1. The lowest BCUT2D eigenvalue weighted by Crippen LogP contribution is -2.32. The molecule has 207 valence electrons. The van der Waals surface area contributed by atoms with E-state index in [1.54, 1.807) is 4.68 Å². The number of rotatable bonds is 9. The molecular formula is C33H39N6O. The molecule has 6 rings (SSSR count). The van der Waals surface area contributed by atoms with Crippen LogP contribution in [0.2, 0.25) is 0 Å². The molecule has 0 amide bonds. The van der Waals surface area contributed by atoms with Gasteiger partial charge < -0.3 is 4.57 Å². The number of imidazole rings is 1. The Hall–Kier alpha value is -3.58. The van der Waals surface area contributed by atoms with Gasteiger partial charge in [0.05, 0.1) is 12.1 Å². The van der Waals surface area contributed by atoms with Gasteiger partial charge in [0.15, 0.2) is 5.78 Å². The van der Waals surface area contributed by atoms with Crippen molar-refractivity contribution in [2.75, 3.05) is 13.1 Å². The van der Waals surface area contributed by atoms with Gasteiger partial charge in [-0.2, -0.15) is 0 Å². The van der Waals surface area contributed by atoms with Crippen LogP contribution in [0.3, 0.4) is 0 Å². The van der Waals surface area contributed by atoms with Gasteiger partial charge in [0.1, 0.15) is 11.3 Å². The first kappa shape index (κ1) is 26.6.